The van der Waals surface area contributed by atoms with Gasteiger partial charge in [0.05, 0.1) is 7.11 Å². The fourth-order valence-electron chi connectivity index (χ4n) is 1.41. The molecule has 0 spiro atoms. The van der Waals surface area contributed by atoms with E-state index in [2.05, 4.69) is 20.3 Å². The van der Waals surface area contributed by atoms with Gasteiger partial charge >= 0.3 is 0 Å². The van der Waals surface area contributed by atoms with Crippen molar-refractivity contribution < 1.29 is 4.74 Å². The van der Waals surface area contributed by atoms with Crippen LogP contribution in [0.4, 0.5) is 5.82 Å². The Labute approximate surface area is 99.9 Å². The molecule has 0 aliphatic heterocycles. The summed E-state index contributed by atoms with van der Waals surface area (Å²) in [6.07, 6.45) is 3.43. The van der Waals surface area contributed by atoms with Crippen LogP contribution in [0, 0.1) is 0 Å². The van der Waals surface area contributed by atoms with E-state index >= 15 is 0 Å². The molecule has 0 aliphatic rings. The highest BCUT2D eigenvalue weighted by molar-refractivity contribution is 5.56. The van der Waals surface area contributed by atoms with Crippen molar-refractivity contribution >= 4 is 5.82 Å². The second-order valence-corrected chi connectivity index (χ2v) is 3.39. The number of pyridine rings is 1. The molecule has 2 heterocycles. The molecule has 0 atom stereocenters. The Morgan fingerprint density at radius 3 is 2.76 bits per heavy atom. The average Bonchev–Trinajstić information content (AvgIpc) is 2.40. The van der Waals surface area contributed by atoms with E-state index in [1.165, 1.54) is 0 Å². The molecular weight excluding hydrogens is 216 g/mol. The highest BCUT2D eigenvalue weighted by Gasteiger charge is 2.03. The van der Waals surface area contributed by atoms with E-state index in [4.69, 9.17) is 4.74 Å². The number of nitrogens with one attached hydrogen (secondary N) is 1. The Hall–Kier alpha value is -2.17. The summed E-state index contributed by atoms with van der Waals surface area (Å²) in [7, 11) is 1.59. The van der Waals surface area contributed by atoms with Crippen LogP contribution in [0.25, 0.3) is 11.4 Å². The third-order valence-corrected chi connectivity index (χ3v) is 2.22. The third-order valence-electron chi connectivity index (χ3n) is 2.22. The molecule has 2 aromatic rings. The number of anilines is 1. The lowest BCUT2D eigenvalue weighted by Gasteiger charge is -2.04. The van der Waals surface area contributed by atoms with Gasteiger partial charge in [-0.3, -0.25) is 0 Å². The van der Waals surface area contributed by atoms with Crippen molar-refractivity contribution in [2.75, 3.05) is 19.0 Å². The first-order chi connectivity index (χ1) is 8.33. The molecule has 5 nitrogen and oxygen atoms in total. The van der Waals surface area contributed by atoms with Crippen LogP contribution in [0.3, 0.4) is 0 Å². The van der Waals surface area contributed by atoms with Gasteiger partial charge in [-0.25, -0.2) is 15.0 Å². The summed E-state index contributed by atoms with van der Waals surface area (Å²) in [5, 5.41) is 3.14. The van der Waals surface area contributed by atoms with E-state index in [1.54, 1.807) is 25.6 Å². The topological polar surface area (TPSA) is 59.9 Å². The lowest BCUT2D eigenvalue weighted by atomic mass is 10.2. The van der Waals surface area contributed by atoms with Crippen molar-refractivity contribution in [1.29, 1.82) is 0 Å². The van der Waals surface area contributed by atoms with E-state index in [9.17, 15) is 0 Å². The average molecular weight is 230 g/mol. The minimum Gasteiger partial charge on any atom is -0.481 e. The first-order valence-corrected chi connectivity index (χ1v) is 5.41. The minimum atomic E-state index is 0.580. The summed E-state index contributed by atoms with van der Waals surface area (Å²) in [4.78, 5) is 12.7. The van der Waals surface area contributed by atoms with E-state index in [-0.39, 0.29) is 0 Å². The summed E-state index contributed by atoms with van der Waals surface area (Å²) >= 11 is 0. The Balaban J connectivity index is 2.28. The maximum atomic E-state index is 5.00. The third kappa shape index (κ3) is 2.69. The molecule has 0 aromatic carbocycles. The maximum absolute atomic E-state index is 5.00. The van der Waals surface area contributed by atoms with Crippen LogP contribution in [-0.4, -0.2) is 28.6 Å². The Morgan fingerprint density at radius 1 is 1.24 bits per heavy atom. The van der Waals surface area contributed by atoms with Crippen LogP contribution < -0.4 is 10.1 Å². The summed E-state index contributed by atoms with van der Waals surface area (Å²) < 4.78 is 5.00. The van der Waals surface area contributed by atoms with Crippen molar-refractivity contribution in [3.05, 3.63) is 30.6 Å². The Kier molecular flexibility index (Phi) is 3.49. The molecule has 0 aliphatic carbocycles. The van der Waals surface area contributed by atoms with Crippen molar-refractivity contribution in [3.63, 3.8) is 0 Å². The van der Waals surface area contributed by atoms with Crippen LogP contribution in [0.1, 0.15) is 6.92 Å². The van der Waals surface area contributed by atoms with Gasteiger partial charge in [-0.1, -0.05) is 0 Å². The van der Waals surface area contributed by atoms with Crippen LogP contribution in [-0.2, 0) is 0 Å². The lowest BCUT2D eigenvalue weighted by Crippen LogP contribution is -2.00. The quantitative estimate of drug-likeness (QED) is 0.870. The standard InChI is InChI=1S/C12H14N4O/c1-3-13-10-6-7-14-12(16-10)9-4-5-11(17-2)15-8-9/h4-8H,3H2,1-2H3,(H,13,14,16). The molecule has 0 saturated carbocycles. The molecule has 5 heteroatoms. The zero-order valence-electron chi connectivity index (χ0n) is 9.84. The molecule has 0 amide bonds. The van der Waals surface area contributed by atoms with Gasteiger partial charge in [0.15, 0.2) is 5.82 Å². The second-order valence-electron chi connectivity index (χ2n) is 3.39. The van der Waals surface area contributed by atoms with Crippen molar-refractivity contribution in [1.82, 2.24) is 15.0 Å². The summed E-state index contributed by atoms with van der Waals surface area (Å²) in [5.74, 6) is 2.04. The zero-order valence-corrected chi connectivity index (χ0v) is 9.84. The number of methoxy groups -OCH3 is 1. The number of nitrogens with zero attached hydrogens (tertiary/aromatic N) is 3. The molecule has 17 heavy (non-hydrogen) atoms. The van der Waals surface area contributed by atoms with Crippen molar-refractivity contribution in [2.24, 2.45) is 0 Å². The van der Waals surface area contributed by atoms with E-state index in [0.29, 0.717) is 11.7 Å². The number of hydrogen-bond donors (Lipinski definition) is 1. The van der Waals surface area contributed by atoms with Gasteiger partial charge in [-0.05, 0) is 19.1 Å². The number of ether oxygens (including phenoxy) is 1. The predicted molar refractivity (Wildman–Crippen MR) is 66.0 cm³/mol. The van der Waals surface area contributed by atoms with Gasteiger partial charge < -0.3 is 10.1 Å². The Morgan fingerprint density at radius 2 is 2.12 bits per heavy atom. The van der Waals surface area contributed by atoms with Gasteiger partial charge in [0, 0.05) is 30.6 Å². The minimum absolute atomic E-state index is 0.580. The van der Waals surface area contributed by atoms with Crippen LogP contribution in [0.15, 0.2) is 30.6 Å². The summed E-state index contributed by atoms with van der Waals surface area (Å²) in [6.45, 7) is 2.86. The molecule has 0 radical (unpaired) electrons. The normalized spacial score (nSPS) is 10.0. The first kappa shape index (κ1) is 11.3. The fraction of sp³-hybridized carbons (Fsp3) is 0.250. The molecule has 0 saturated heterocycles. The summed E-state index contributed by atoms with van der Waals surface area (Å²) in [6, 6.07) is 5.51. The molecule has 2 rings (SSSR count). The zero-order chi connectivity index (χ0) is 12.1. The number of aromatic nitrogens is 3. The molecule has 0 fully saturated rings. The van der Waals surface area contributed by atoms with Crippen molar-refractivity contribution in [3.8, 4) is 17.3 Å². The van der Waals surface area contributed by atoms with E-state index < -0.39 is 0 Å². The van der Waals surface area contributed by atoms with E-state index in [1.807, 2.05) is 19.1 Å². The number of hydrogen-bond acceptors (Lipinski definition) is 5. The summed E-state index contributed by atoms with van der Waals surface area (Å²) in [5.41, 5.74) is 0.866. The van der Waals surface area contributed by atoms with Gasteiger partial charge in [0.2, 0.25) is 5.88 Å². The maximum Gasteiger partial charge on any atom is 0.212 e. The Bertz CT molecular complexity index is 484. The molecule has 0 bridgehead atoms. The lowest BCUT2D eigenvalue weighted by molar-refractivity contribution is 0.398. The van der Waals surface area contributed by atoms with Gasteiger partial charge in [-0.2, -0.15) is 0 Å². The van der Waals surface area contributed by atoms with Gasteiger partial charge in [0.25, 0.3) is 0 Å². The second kappa shape index (κ2) is 5.25. The van der Waals surface area contributed by atoms with Crippen molar-refractivity contribution in [2.45, 2.75) is 6.92 Å². The molecule has 0 unspecified atom stereocenters. The highest BCUT2D eigenvalue weighted by atomic mass is 16.5. The molecule has 2 aromatic heterocycles. The predicted octanol–water partition coefficient (Wildman–Crippen LogP) is 1.98. The highest BCUT2D eigenvalue weighted by Crippen LogP contribution is 2.17. The SMILES string of the molecule is CCNc1ccnc(-c2ccc(OC)nc2)n1. The monoisotopic (exact) mass is 230 g/mol. The van der Waals surface area contributed by atoms with Gasteiger partial charge in [-0.15, -0.1) is 0 Å². The largest absolute Gasteiger partial charge is 0.481 e. The van der Waals surface area contributed by atoms with Crippen LogP contribution in [0.5, 0.6) is 5.88 Å². The first-order valence-electron chi connectivity index (χ1n) is 5.41. The van der Waals surface area contributed by atoms with Crippen LogP contribution in [0.2, 0.25) is 0 Å². The fourth-order valence-corrected chi connectivity index (χ4v) is 1.41. The molecular formula is C12H14N4O. The van der Waals surface area contributed by atoms with Crippen LogP contribution >= 0.6 is 0 Å². The molecule has 88 valence electrons. The van der Waals surface area contributed by atoms with Gasteiger partial charge in [0.1, 0.15) is 5.82 Å². The smallest absolute Gasteiger partial charge is 0.212 e. The molecule has 1 N–H and O–H groups in total. The van der Waals surface area contributed by atoms with E-state index in [0.717, 1.165) is 17.9 Å². The number of rotatable bonds is 4.